The Labute approximate surface area is 127 Å². The third-order valence-electron chi connectivity index (χ3n) is 2.98. The highest BCUT2D eigenvalue weighted by Gasteiger charge is 2.27. The summed E-state index contributed by atoms with van der Waals surface area (Å²) in [5.74, 6) is 0.382. The summed E-state index contributed by atoms with van der Waals surface area (Å²) < 4.78 is 15.8. The predicted molar refractivity (Wildman–Crippen MR) is 78.3 cm³/mol. The van der Waals surface area contributed by atoms with Crippen molar-refractivity contribution in [2.24, 2.45) is 0 Å². The summed E-state index contributed by atoms with van der Waals surface area (Å²) in [7, 11) is 4.24. The van der Waals surface area contributed by atoms with Gasteiger partial charge in [-0.25, -0.2) is 4.79 Å². The van der Waals surface area contributed by atoms with Gasteiger partial charge in [0.15, 0.2) is 6.10 Å². The Morgan fingerprint density at radius 2 is 1.65 bits per heavy atom. The summed E-state index contributed by atoms with van der Waals surface area (Å²) in [5.41, 5.74) is 1.20. The molecule has 1 atom stereocenters. The first-order valence-electron chi connectivity index (χ1n) is 6.09. The third kappa shape index (κ3) is 3.07. The van der Waals surface area contributed by atoms with Crippen LogP contribution in [0, 0.1) is 0 Å². The van der Waals surface area contributed by atoms with Gasteiger partial charge in [0.2, 0.25) is 0 Å². The van der Waals surface area contributed by atoms with E-state index in [9.17, 15) is 9.90 Å². The number of halogens is 1. The fourth-order valence-electron chi connectivity index (χ4n) is 1.94. The molecule has 0 radical (unpaired) electrons. The third-order valence-corrected chi connectivity index (χ3v) is 3.70. The Morgan fingerprint density at radius 3 is 2.05 bits per heavy atom. The smallest absolute Gasteiger partial charge is 0.339 e. The Morgan fingerprint density at radius 1 is 1.15 bits per heavy atom. The highest BCUT2D eigenvalue weighted by Crippen LogP contribution is 2.44. The zero-order valence-corrected chi connectivity index (χ0v) is 13.8. The molecule has 0 aliphatic rings. The quantitative estimate of drug-likeness (QED) is 0.830. The molecule has 0 aromatic heterocycles. The number of aliphatic hydroxyl groups is 1. The Kier molecular flexibility index (Phi) is 5.83. The largest absolute Gasteiger partial charge is 0.495 e. The molecule has 1 aromatic rings. The first-order valence-corrected chi connectivity index (χ1v) is 6.88. The minimum Gasteiger partial charge on any atom is -0.495 e. The summed E-state index contributed by atoms with van der Waals surface area (Å²) in [6.45, 7) is 3.98. The van der Waals surface area contributed by atoms with Gasteiger partial charge in [0, 0.05) is 5.56 Å². The molecule has 5 nitrogen and oxygen atoms in total. The molecule has 0 aliphatic heterocycles. The molecule has 0 amide bonds. The summed E-state index contributed by atoms with van der Waals surface area (Å²) in [6.07, 6.45) is -1.41. The van der Waals surface area contributed by atoms with Crippen LogP contribution in [0.1, 0.15) is 37.0 Å². The molecule has 1 N–H and O–H groups in total. The maximum atomic E-state index is 11.6. The maximum absolute atomic E-state index is 11.6. The molecule has 0 fully saturated rings. The van der Waals surface area contributed by atoms with Crippen LogP contribution in [0.4, 0.5) is 0 Å². The van der Waals surface area contributed by atoms with Crippen molar-refractivity contribution in [1.29, 1.82) is 0 Å². The van der Waals surface area contributed by atoms with Crippen LogP contribution < -0.4 is 9.47 Å². The van der Waals surface area contributed by atoms with Gasteiger partial charge in [-0.05, 0) is 33.5 Å². The summed E-state index contributed by atoms with van der Waals surface area (Å²) >= 11 is 3.40. The van der Waals surface area contributed by atoms with Gasteiger partial charge in [-0.15, -0.1) is 0 Å². The fourth-order valence-corrected chi connectivity index (χ4v) is 2.72. The molecule has 0 aliphatic carbocycles. The topological polar surface area (TPSA) is 65.0 Å². The van der Waals surface area contributed by atoms with Gasteiger partial charge < -0.3 is 19.3 Å². The molecule has 0 saturated carbocycles. The van der Waals surface area contributed by atoms with Crippen molar-refractivity contribution in [1.82, 2.24) is 0 Å². The van der Waals surface area contributed by atoms with E-state index < -0.39 is 12.1 Å². The highest BCUT2D eigenvalue weighted by atomic mass is 79.9. The van der Waals surface area contributed by atoms with E-state index in [1.807, 2.05) is 13.8 Å². The van der Waals surface area contributed by atoms with Crippen LogP contribution in [0.3, 0.4) is 0 Å². The van der Waals surface area contributed by atoms with Gasteiger partial charge in [0.25, 0.3) is 0 Å². The summed E-state index contributed by atoms with van der Waals surface area (Å²) in [5, 5.41) is 10.1. The van der Waals surface area contributed by atoms with Crippen molar-refractivity contribution in [3.8, 4) is 11.5 Å². The predicted octanol–water partition coefficient (Wildman–Crippen LogP) is 2.80. The van der Waals surface area contributed by atoms with Crippen molar-refractivity contribution in [3.05, 3.63) is 21.7 Å². The minimum atomic E-state index is -1.41. The molecule has 1 rings (SSSR count). The van der Waals surface area contributed by atoms with Gasteiger partial charge in [-0.1, -0.05) is 13.8 Å². The minimum absolute atomic E-state index is 0.149. The van der Waals surface area contributed by atoms with Crippen LogP contribution in [0.2, 0.25) is 0 Å². The van der Waals surface area contributed by atoms with E-state index in [0.717, 1.165) is 5.56 Å². The first-order chi connectivity index (χ1) is 9.38. The van der Waals surface area contributed by atoms with E-state index in [-0.39, 0.29) is 5.92 Å². The Bertz CT molecular complexity index is 499. The molecule has 0 bridgehead atoms. The van der Waals surface area contributed by atoms with E-state index in [1.165, 1.54) is 14.2 Å². The number of carbonyl (C=O) groups is 1. The van der Waals surface area contributed by atoms with Crippen LogP contribution in [0.15, 0.2) is 10.5 Å². The number of ether oxygens (including phenoxy) is 3. The lowest BCUT2D eigenvalue weighted by Crippen LogP contribution is -2.15. The van der Waals surface area contributed by atoms with Crippen molar-refractivity contribution >= 4 is 21.9 Å². The van der Waals surface area contributed by atoms with E-state index in [1.54, 1.807) is 13.2 Å². The van der Waals surface area contributed by atoms with E-state index in [0.29, 0.717) is 21.5 Å². The molecular formula is C14H19BrO5. The van der Waals surface area contributed by atoms with Gasteiger partial charge in [-0.3, -0.25) is 0 Å². The Hall–Kier alpha value is -1.27. The number of hydrogen-bond acceptors (Lipinski definition) is 5. The van der Waals surface area contributed by atoms with Crippen LogP contribution in [0.25, 0.3) is 0 Å². The first kappa shape index (κ1) is 16.8. The molecule has 0 saturated heterocycles. The normalized spacial score (nSPS) is 12.2. The molecule has 1 aromatic carbocycles. The summed E-state index contributed by atoms with van der Waals surface area (Å²) in [4.78, 5) is 11.6. The number of benzene rings is 1. The van der Waals surface area contributed by atoms with Crippen molar-refractivity contribution in [2.45, 2.75) is 25.9 Å². The maximum Gasteiger partial charge on any atom is 0.339 e. The lowest BCUT2D eigenvalue weighted by Gasteiger charge is -2.21. The monoisotopic (exact) mass is 346 g/mol. The van der Waals surface area contributed by atoms with Crippen LogP contribution in [-0.2, 0) is 9.53 Å². The van der Waals surface area contributed by atoms with Crippen LogP contribution >= 0.6 is 15.9 Å². The average Bonchev–Trinajstić information content (AvgIpc) is 2.44. The van der Waals surface area contributed by atoms with E-state index in [2.05, 4.69) is 20.7 Å². The molecule has 0 spiro atoms. The molecule has 112 valence electrons. The van der Waals surface area contributed by atoms with Crippen molar-refractivity contribution in [3.63, 3.8) is 0 Å². The van der Waals surface area contributed by atoms with Gasteiger partial charge in [-0.2, -0.15) is 0 Å². The molecule has 20 heavy (non-hydrogen) atoms. The fraction of sp³-hybridized carbons (Fsp3) is 0.500. The van der Waals surface area contributed by atoms with Crippen LogP contribution in [-0.4, -0.2) is 32.4 Å². The molecule has 1 unspecified atom stereocenters. The second kappa shape index (κ2) is 6.95. The standard InChI is InChI=1S/C14H19BrO5/c1-7(2)8-6-9(11(16)14(17)20-5)13(19-4)10(15)12(8)18-3/h6-7,11,16H,1-5H3. The molecular weight excluding hydrogens is 328 g/mol. The second-order valence-corrected chi connectivity index (χ2v) is 5.31. The number of aliphatic hydroxyl groups excluding tert-OH is 1. The second-order valence-electron chi connectivity index (χ2n) is 4.52. The summed E-state index contributed by atoms with van der Waals surface area (Å²) in [6, 6.07) is 1.70. The van der Waals surface area contributed by atoms with E-state index >= 15 is 0 Å². The zero-order valence-electron chi connectivity index (χ0n) is 12.2. The number of hydrogen-bond donors (Lipinski definition) is 1. The van der Waals surface area contributed by atoms with Gasteiger partial charge in [0.1, 0.15) is 16.0 Å². The van der Waals surface area contributed by atoms with Gasteiger partial charge >= 0.3 is 5.97 Å². The number of rotatable bonds is 5. The average molecular weight is 347 g/mol. The molecule has 0 heterocycles. The van der Waals surface area contributed by atoms with Crippen LogP contribution in [0.5, 0.6) is 11.5 Å². The zero-order chi connectivity index (χ0) is 15.4. The number of carbonyl (C=O) groups excluding carboxylic acids is 1. The van der Waals surface area contributed by atoms with Crippen molar-refractivity contribution in [2.75, 3.05) is 21.3 Å². The lowest BCUT2D eigenvalue weighted by molar-refractivity contribution is -0.150. The Balaban J connectivity index is 3.55. The number of esters is 1. The van der Waals surface area contributed by atoms with Gasteiger partial charge in [0.05, 0.1) is 21.3 Å². The van der Waals surface area contributed by atoms with E-state index in [4.69, 9.17) is 9.47 Å². The highest BCUT2D eigenvalue weighted by molar-refractivity contribution is 9.10. The van der Waals surface area contributed by atoms with Crippen molar-refractivity contribution < 1.29 is 24.1 Å². The number of methoxy groups -OCH3 is 3. The molecule has 6 heteroatoms. The SMILES string of the molecule is COC(=O)C(O)c1cc(C(C)C)c(OC)c(Br)c1OC. The lowest BCUT2D eigenvalue weighted by atomic mass is 9.96.